The van der Waals surface area contributed by atoms with Gasteiger partial charge in [-0.2, -0.15) is 0 Å². The molecule has 0 N–H and O–H groups in total. The van der Waals surface area contributed by atoms with Crippen LogP contribution >= 0.6 is 0 Å². The zero-order valence-electron chi connectivity index (χ0n) is 2.24. The molecule has 46 valence electrons. The van der Waals surface area contributed by atoms with Crippen LogP contribution in [0.3, 0.4) is 0 Å². The maximum atomic E-state index is 0. The first-order valence-corrected chi connectivity index (χ1v) is 0. The maximum absolute atomic E-state index is 0. The average molecular weight is 419 g/mol. The molecule has 2 radical (unpaired) electrons. The summed E-state index contributed by atoms with van der Waals surface area (Å²) in [5.74, 6) is 0. The van der Waals surface area contributed by atoms with Crippen LogP contribution in [-0.2, 0) is 111 Å². The summed E-state index contributed by atoms with van der Waals surface area (Å²) in [5.41, 5.74) is 0. The Morgan fingerprint density at radius 2 is 1.00 bits per heavy atom. The quantitative estimate of drug-likeness (QED) is 0.485. The molecule has 0 aromatic rings. The minimum Gasteiger partial charge on any atom is 0 e. The van der Waals surface area contributed by atoms with Crippen LogP contribution in [0.1, 0.15) is 0 Å². The van der Waals surface area contributed by atoms with E-state index in [1.165, 1.54) is 0 Å². The van der Waals surface area contributed by atoms with Crippen LogP contribution in [0.4, 0.5) is 0 Å². The molecule has 6 heavy (non-hydrogen) atoms. The Morgan fingerprint density at radius 3 is 1.00 bits per heavy atom. The second-order valence-corrected chi connectivity index (χ2v) is 0. The van der Waals surface area contributed by atoms with Crippen molar-refractivity contribution >= 4 is 0 Å². The zero-order chi connectivity index (χ0) is 0. The van der Waals surface area contributed by atoms with E-state index in [9.17, 15) is 0 Å². The molecule has 0 aliphatic rings. The average Bonchev–Trinajstić information content (AvgIpc) is 0. The second kappa shape index (κ2) is 39.1. The van der Waals surface area contributed by atoms with Crippen molar-refractivity contribution < 1.29 is 111 Å². The van der Waals surface area contributed by atoms with Gasteiger partial charge in [0.15, 0.2) is 0 Å². The first-order valence-electron chi connectivity index (χ1n) is 0. The van der Waals surface area contributed by atoms with Gasteiger partial charge in [0.1, 0.15) is 0 Å². The van der Waals surface area contributed by atoms with Gasteiger partial charge in [-0.15, -0.1) is 0 Å². The predicted molar refractivity (Wildman–Crippen MR) is 0 cm³/mol. The Balaban J connectivity index is 0. The van der Waals surface area contributed by atoms with E-state index < -0.39 is 0 Å². The maximum Gasteiger partial charge on any atom is 0 e. The fourth-order valence-corrected chi connectivity index (χ4v) is 0. The molecule has 0 spiro atoms. The minimum atomic E-state index is 0. The van der Waals surface area contributed by atoms with Crippen molar-refractivity contribution in [2.24, 2.45) is 0 Å². The summed E-state index contributed by atoms with van der Waals surface area (Å²) < 4.78 is 0. The third-order valence-corrected chi connectivity index (χ3v) is 0. The van der Waals surface area contributed by atoms with Gasteiger partial charge in [0.2, 0.25) is 0 Å². The first-order chi connectivity index (χ1) is 0. The minimum absolute atomic E-state index is 0. The van der Waals surface area contributed by atoms with E-state index in [1.54, 1.807) is 0 Å². The second-order valence-electron chi connectivity index (χ2n) is 0. The molecule has 0 saturated carbocycles. The molecule has 0 nitrogen and oxygen atoms in total. The number of rotatable bonds is 0. The Kier molecular flexibility index (Phi) is 365. The summed E-state index contributed by atoms with van der Waals surface area (Å²) in [6.07, 6.45) is 0. The van der Waals surface area contributed by atoms with Gasteiger partial charge < -0.3 is 0 Å². The molecule has 6 heteroatoms. The summed E-state index contributed by atoms with van der Waals surface area (Å²) >= 11 is 0. The smallest absolute Gasteiger partial charge is 0 e. The van der Waals surface area contributed by atoms with Gasteiger partial charge in [0.05, 0.1) is 0 Å². The fraction of sp³-hybridized carbons (Fsp3) is 0. The van der Waals surface area contributed by atoms with E-state index >= 15 is 0 Å². The van der Waals surface area contributed by atoms with Gasteiger partial charge in [0.25, 0.3) is 0 Å². The molecule has 0 bridgehead atoms. The Morgan fingerprint density at radius 1 is 1.00 bits per heavy atom. The molecule has 0 amide bonds. The summed E-state index contributed by atoms with van der Waals surface area (Å²) in [4.78, 5) is 0. The molecule has 0 unspecified atom stereocenters. The van der Waals surface area contributed by atoms with E-state index in [0.717, 1.165) is 0 Å². The van der Waals surface area contributed by atoms with E-state index in [0.29, 0.717) is 0 Å². The SMILES string of the molecule is [Cr].[Cu].[Fe].[Mo].[Nb].[Ni]. The third kappa shape index (κ3) is 25.9. The van der Waals surface area contributed by atoms with Crippen LogP contribution in [0.25, 0.3) is 0 Å². The van der Waals surface area contributed by atoms with Crippen LogP contribution in [0.5, 0.6) is 0 Å². The van der Waals surface area contributed by atoms with Crippen molar-refractivity contribution in [2.75, 3.05) is 0 Å². The van der Waals surface area contributed by atoms with Gasteiger partial charge in [-0.1, -0.05) is 0 Å². The van der Waals surface area contributed by atoms with Crippen molar-refractivity contribution in [2.45, 2.75) is 0 Å². The molecule has 0 aromatic carbocycles. The topological polar surface area (TPSA) is 0 Å². The van der Waals surface area contributed by atoms with E-state index in [1.807, 2.05) is 0 Å². The third-order valence-electron chi connectivity index (χ3n) is 0. The van der Waals surface area contributed by atoms with Crippen LogP contribution < -0.4 is 0 Å². The Labute approximate surface area is 110 Å². The van der Waals surface area contributed by atoms with Gasteiger partial charge in [0, 0.05) is 111 Å². The number of hydrogen-bond donors (Lipinski definition) is 0. The first kappa shape index (κ1) is 56.1. The fourth-order valence-electron chi connectivity index (χ4n) is 0. The van der Waals surface area contributed by atoms with E-state index in [2.05, 4.69) is 0 Å². The Bertz CT molecular complexity index is 15.5. The summed E-state index contributed by atoms with van der Waals surface area (Å²) in [6, 6.07) is 0. The molecule has 0 aliphatic heterocycles. The molecular formula is CrCuFeMoNbNi. The predicted octanol–water partition coefficient (Wildman–Crippen LogP) is -0.0150. The number of hydrogen-bond acceptors (Lipinski definition) is 0. The van der Waals surface area contributed by atoms with Crippen LogP contribution in [0, 0.1) is 0 Å². The van der Waals surface area contributed by atoms with Crippen molar-refractivity contribution in [1.29, 1.82) is 0 Å². The summed E-state index contributed by atoms with van der Waals surface area (Å²) in [7, 11) is 0. The van der Waals surface area contributed by atoms with Crippen LogP contribution in [0.15, 0.2) is 0 Å². The zero-order valence-corrected chi connectivity index (χ0v) is 10.7. The molecule has 0 rings (SSSR count). The van der Waals surface area contributed by atoms with Crippen molar-refractivity contribution in [3.05, 3.63) is 0 Å². The summed E-state index contributed by atoms with van der Waals surface area (Å²) in [6.45, 7) is 0. The molecule has 0 atom stereocenters. The standard InChI is InChI=1S/Cr.Cu.Fe.Mo.Nb.Ni. The summed E-state index contributed by atoms with van der Waals surface area (Å²) in [5, 5.41) is 0. The van der Waals surface area contributed by atoms with Gasteiger partial charge in [-0.3, -0.25) is 0 Å². The van der Waals surface area contributed by atoms with Gasteiger partial charge in [-0.05, 0) is 0 Å². The van der Waals surface area contributed by atoms with E-state index in [4.69, 9.17) is 0 Å². The van der Waals surface area contributed by atoms with Crippen molar-refractivity contribution in [3.8, 4) is 0 Å². The normalized spacial score (nSPS) is 0. The molecule has 0 aliphatic carbocycles. The van der Waals surface area contributed by atoms with Crippen LogP contribution in [0.2, 0.25) is 0 Å². The molecule has 0 fully saturated rings. The molecule has 0 saturated heterocycles. The monoisotopic (exact) mass is 420 g/mol. The van der Waals surface area contributed by atoms with Crippen LogP contribution in [-0.4, -0.2) is 0 Å². The molecule has 0 aromatic heterocycles. The van der Waals surface area contributed by atoms with Crippen molar-refractivity contribution in [1.82, 2.24) is 0 Å². The Hall–Kier alpha value is 3.49. The van der Waals surface area contributed by atoms with Gasteiger partial charge in [-0.25, -0.2) is 0 Å². The van der Waals surface area contributed by atoms with Gasteiger partial charge >= 0.3 is 0 Å². The molecular weight excluding hydrogens is 419 g/mol. The van der Waals surface area contributed by atoms with E-state index in [-0.39, 0.29) is 111 Å². The van der Waals surface area contributed by atoms with Crippen molar-refractivity contribution in [3.63, 3.8) is 0 Å². The molecule has 0 heterocycles. The largest absolute Gasteiger partial charge is 0 e.